The number of nitriles is 1. The molecule has 1 heterocycles. The van der Waals surface area contributed by atoms with Crippen LogP contribution in [0, 0.1) is 17.1 Å². The van der Waals surface area contributed by atoms with Gasteiger partial charge < -0.3 is 4.90 Å². The van der Waals surface area contributed by atoms with Crippen molar-refractivity contribution in [3.63, 3.8) is 0 Å². The van der Waals surface area contributed by atoms with Crippen LogP contribution >= 0.6 is 0 Å². The highest BCUT2D eigenvalue weighted by molar-refractivity contribution is 5.79. The van der Waals surface area contributed by atoms with Crippen LogP contribution in [0.2, 0.25) is 0 Å². The van der Waals surface area contributed by atoms with Gasteiger partial charge in [-0.1, -0.05) is 12.1 Å². The van der Waals surface area contributed by atoms with Crippen LogP contribution in [0.25, 0.3) is 0 Å². The lowest BCUT2D eigenvalue weighted by Gasteiger charge is -2.22. The van der Waals surface area contributed by atoms with Crippen LogP contribution in [0.4, 0.5) is 17.6 Å². The average Bonchev–Trinajstić information content (AvgIpc) is 2.60. The summed E-state index contributed by atoms with van der Waals surface area (Å²) in [5.74, 6) is -1.61. The lowest BCUT2D eigenvalue weighted by atomic mass is 10.0. The Hall–Kier alpha value is -2.95. The topological polar surface area (TPSA) is 57.0 Å². The third kappa shape index (κ3) is 5.28. The van der Waals surface area contributed by atoms with E-state index in [2.05, 4.69) is 4.98 Å². The molecule has 0 saturated heterocycles. The van der Waals surface area contributed by atoms with Crippen molar-refractivity contribution < 1.29 is 22.4 Å². The van der Waals surface area contributed by atoms with E-state index in [1.165, 1.54) is 11.1 Å². The van der Waals surface area contributed by atoms with Gasteiger partial charge in [-0.25, -0.2) is 4.39 Å². The molecule has 0 aliphatic rings. The van der Waals surface area contributed by atoms with Crippen LogP contribution in [0.1, 0.15) is 23.1 Å². The van der Waals surface area contributed by atoms with Gasteiger partial charge in [0.15, 0.2) is 0 Å². The van der Waals surface area contributed by atoms with Crippen molar-refractivity contribution in [3.8, 4) is 6.07 Å². The molecule has 136 valence electrons. The standard InChI is InChI=1S/C18H15F4N3O/c19-15-5-4-14(16(10-15)18(20,21)22)9-17(26)25(8-2-6-23)12-13-3-1-7-24-11-13/h1,3-5,7,10-11H,2,8-9,12H2. The zero-order valence-electron chi connectivity index (χ0n) is 13.6. The first-order valence-corrected chi connectivity index (χ1v) is 7.70. The van der Waals surface area contributed by atoms with Gasteiger partial charge in [0.1, 0.15) is 5.82 Å². The normalized spacial score (nSPS) is 11.0. The van der Waals surface area contributed by atoms with Crippen molar-refractivity contribution in [2.75, 3.05) is 6.54 Å². The quantitative estimate of drug-likeness (QED) is 0.733. The SMILES string of the molecule is N#CCCN(Cc1cccnc1)C(=O)Cc1ccc(F)cc1C(F)(F)F. The Kier molecular flexibility index (Phi) is 6.28. The highest BCUT2D eigenvalue weighted by Crippen LogP contribution is 2.33. The summed E-state index contributed by atoms with van der Waals surface area (Å²) in [5.41, 5.74) is -0.793. The Morgan fingerprint density at radius 2 is 2.04 bits per heavy atom. The number of alkyl halides is 3. The summed E-state index contributed by atoms with van der Waals surface area (Å²) in [6.45, 7) is 0.198. The smallest absolute Gasteiger partial charge is 0.337 e. The van der Waals surface area contributed by atoms with E-state index in [0.717, 1.165) is 12.1 Å². The lowest BCUT2D eigenvalue weighted by molar-refractivity contribution is -0.139. The summed E-state index contributed by atoms with van der Waals surface area (Å²) in [6, 6.07) is 7.52. The molecule has 0 unspecified atom stereocenters. The van der Waals surface area contributed by atoms with Gasteiger partial charge in [0.25, 0.3) is 0 Å². The zero-order chi connectivity index (χ0) is 19.2. The fourth-order valence-electron chi connectivity index (χ4n) is 2.43. The minimum atomic E-state index is -4.77. The lowest BCUT2D eigenvalue weighted by Crippen LogP contribution is -2.33. The first kappa shape index (κ1) is 19.4. The zero-order valence-corrected chi connectivity index (χ0v) is 13.6. The maximum absolute atomic E-state index is 13.2. The summed E-state index contributed by atoms with van der Waals surface area (Å²) in [6.07, 6.45) is -2.17. The van der Waals surface area contributed by atoms with Crippen molar-refractivity contribution in [2.24, 2.45) is 0 Å². The Morgan fingerprint density at radius 3 is 2.65 bits per heavy atom. The Labute approximate surface area is 147 Å². The molecule has 0 N–H and O–H groups in total. The Bertz CT molecular complexity index is 800. The van der Waals surface area contributed by atoms with Crippen LogP contribution in [-0.4, -0.2) is 22.3 Å². The van der Waals surface area contributed by atoms with E-state index in [4.69, 9.17) is 5.26 Å². The molecule has 0 atom stereocenters. The molecule has 8 heteroatoms. The number of hydrogen-bond donors (Lipinski definition) is 0. The van der Waals surface area contributed by atoms with Crippen molar-refractivity contribution in [2.45, 2.75) is 25.6 Å². The molecule has 0 radical (unpaired) electrons. The molecular weight excluding hydrogens is 350 g/mol. The van der Waals surface area contributed by atoms with E-state index in [1.54, 1.807) is 18.3 Å². The highest BCUT2D eigenvalue weighted by atomic mass is 19.4. The molecule has 0 saturated carbocycles. The summed E-state index contributed by atoms with van der Waals surface area (Å²) in [4.78, 5) is 17.7. The van der Waals surface area contributed by atoms with Crippen LogP contribution < -0.4 is 0 Å². The number of carbonyl (C=O) groups is 1. The second-order valence-corrected chi connectivity index (χ2v) is 5.56. The molecule has 2 aromatic rings. The molecule has 0 aliphatic carbocycles. The van der Waals surface area contributed by atoms with Gasteiger partial charge in [-0.15, -0.1) is 0 Å². The van der Waals surface area contributed by atoms with Crippen LogP contribution in [-0.2, 0) is 23.9 Å². The van der Waals surface area contributed by atoms with E-state index >= 15 is 0 Å². The summed E-state index contributed by atoms with van der Waals surface area (Å²) < 4.78 is 52.4. The molecule has 26 heavy (non-hydrogen) atoms. The van der Waals surface area contributed by atoms with Crippen LogP contribution in [0.5, 0.6) is 0 Å². The van der Waals surface area contributed by atoms with Gasteiger partial charge in [-0.05, 0) is 29.3 Å². The second-order valence-electron chi connectivity index (χ2n) is 5.56. The minimum Gasteiger partial charge on any atom is -0.337 e. The maximum Gasteiger partial charge on any atom is 0.416 e. The predicted molar refractivity (Wildman–Crippen MR) is 85.0 cm³/mol. The molecule has 1 aromatic carbocycles. The first-order valence-electron chi connectivity index (χ1n) is 7.70. The molecule has 1 aromatic heterocycles. The van der Waals surface area contributed by atoms with Gasteiger partial charge in [0, 0.05) is 25.5 Å². The number of nitrogens with zero attached hydrogens (tertiary/aromatic N) is 3. The van der Waals surface area contributed by atoms with Crippen molar-refractivity contribution in [1.82, 2.24) is 9.88 Å². The number of carbonyl (C=O) groups excluding carboxylic acids is 1. The monoisotopic (exact) mass is 365 g/mol. The molecular formula is C18H15F4N3O. The fraction of sp³-hybridized carbons (Fsp3) is 0.278. The van der Waals surface area contributed by atoms with Gasteiger partial charge >= 0.3 is 6.18 Å². The Balaban J connectivity index is 2.23. The number of benzene rings is 1. The third-order valence-corrected chi connectivity index (χ3v) is 3.66. The van der Waals surface area contributed by atoms with E-state index in [0.29, 0.717) is 11.6 Å². The van der Waals surface area contributed by atoms with Gasteiger partial charge in [-0.2, -0.15) is 18.4 Å². The van der Waals surface area contributed by atoms with Crippen LogP contribution in [0.15, 0.2) is 42.7 Å². The second kappa shape index (κ2) is 8.43. The number of rotatable bonds is 6. The van der Waals surface area contributed by atoms with E-state index in [9.17, 15) is 22.4 Å². The predicted octanol–water partition coefficient (Wildman–Crippen LogP) is 3.72. The van der Waals surface area contributed by atoms with Crippen molar-refractivity contribution >= 4 is 5.91 Å². The molecule has 0 bridgehead atoms. The van der Waals surface area contributed by atoms with Gasteiger partial charge in [-0.3, -0.25) is 9.78 Å². The van der Waals surface area contributed by atoms with Crippen molar-refractivity contribution in [3.05, 3.63) is 65.2 Å². The highest BCUT2D eigenvalue weighted by Gasteiger charge is 2.34. The van der Waals surface area contributed by atoms with E-state index in [1.807, 2.05) is 6.07 Å². The number of hydrogen-bond acceptors (Lipinski definition) is 3. The molecule has 0 fully saturated rings. The number of pyridine rings is 1. The average molecular weight is 365 g/mol. The summed E-state index contributed by atoms with van der Waals surface area (Å²) >= 11 is 0. The number of halogens is 4. The molecule has 4 nitrogen and oxygen atoms in total. The van der Waals surface area contributed by atoms with Gasteiger partial charge in [0.2, 0.25) is 5.91 Å². The Morgan fingerprint density at radius 1 is 1.27 bits per heavy atom. The number of aromatic nitrogens is 1. The summed E-state index contributed by atoms with van der Waals surface area (Å²) in [5, 5.41) is 8.74. The molecule has 0 aliphatic heterocycles. The van der Waals surface area contributed by atoms with Crippen LogP contribution in [0.3, 0.4) is 0 Å². The third-order valence-electron chi connectivity index (χ3n) is 3.66. The summed E-state index contributed by atoms with van der Waals surface area (Å²) in [7, 11) is 0. The maximum atomic E-state index is 13.2. The molecule has 1 amide bonds. The molecule has 2 rings (SSSR count). The number of amides is 1. The minimum absolute atomic E-state index is 0.0432. The van der Waals surface area contributed by atoms with E-state index < -0.39 is 29.9 Å². The largest absolute Gasteiger partial charge is 0.416 e. The fourth-order valence-corrected chi connectivity index (χ4v) is 2.43. The van der Waals surface area contributed by atoms with Gasteiger partial charge in [0.05, 0.1) is 24.5 Å². The first-order chi connectivity index (χ1) is 12.3. The van der Waals surface area contributed by atoms with Crippen molar-refractivity contribution in [1.29, 1.82) is 5.26 Å². The molecule has 0 spiro atoms. The van der Waals surface area contributed by atoms with E-state index in [-0.39, 0.29) is 25.1 Å².